The molecule has 2 aromatic heterocycles. The van der Waals surface area contributed by atoms with Crippen LogP contribution in [0, 0.1) is 5.41 Å². The molecule has 1 aromatic carbocycles. The van der Waals surface area contributed by atoms with Gasteiger partial charge in [0.15, 0.2) is 11.2 Å². The first-order valence-electron chi connectivity index (χ1n) is 11.8. The number of ketones is 1. The van der Waals surface area contributed by atoms with E-state index in [2.05, 4.69) is 25.3 Å². The van der Waals surface area contributed by atoms with Gasteiger partial charge in [0.25, 0.3) is 0 Å². The van der Waals surface area contributed by atoms with E-state index < -0.39 is 0 Å². The van der Waals surface area contributed by atoms with Gasteiger partial charge in [-0.15, -0.1) is 0 Å². The summed E-state index contributed by atoms with van der Waals surface area (Å²) in [5.41, 5.74) is 2.13. The number of likely N-dealkylation sites (tertiary alicyclic amines) is 1. The van der Waals surface area contributed by atoms with Crippen LogP contribution in [0.5, 0.6) is 5.75 Å². The van der Waals surface area contributed by atoms with Crippen LogP contribution >= 0.6 is 0 Å². The third-order valence-corrected chi connectivity index (χ3v) is 6.91. The summed E-state index contributed by atoms with van der Waals surface area (Å²) in [6.45, 7) is 10.2. The van der Waals surface area contributed by atoms with Gasteiger partial charge in [0.05, 0.1) is 36.1 Å². The lowest BCUT2D eigenvalue weighted by Crippen LogP contribution is -2.35. The average molecular weight is 463 g/mol. The van der Waals surface area contributed by atoms with Crippen molar-refractivity contribution in [2.75, 3.05) is 19.7 Å². The molecule has 0 spiro atoms. The molecule has 0 aliphatic carbocycles. The second kappa shape index (κ2) is 8.11. The normalized spacial score (nSPS) is 17.7. The van der Waals surface area contributed by atoms with Crippen molar-refractivity contribution in [2.45, 2.75) is 53.1 Å². The molecule has 1 atom stereocenters. The number of carbonyl (C=O) groups excluding carboxylic acids is 2. The molecule has 8 heteroatoms. The molecular formula is C26H30N4O4. The molecule has 5 rings (SSSR count). The Bertz CT molecular complexity index is 1360. The molecule has 34 heavy (non-hydrogen) atoms. The Morgan fingerprint density at radius 1 is 1.24 bits per heavy atom. The van der Waals surface area contributed by atoms with Crippen LogP contribution in [0.3, 0.4) is 0 Å². The molecule has 1 unspecified atom stereocenters. The number of amides is 1. The maximum absolute atomic E-state index is 12.8. The van der Waals surface area contributed by atoms with Crippen LogP contribution in [0.1, 0.15) is 56.9 Å². The fraction of sp³-hybridized carbons (Fsp3) is 0.462. The highest BCUT2D eigenvalue weighted by atomic mass is 16.5. The van der Waals surface area contributed by atoms with Crippen LogP contribution in [0.15, 0.2) is 35.3 Å². The molecular weight excluding hydrogens is 432 g/mol. The molecule has 1 amide bonds. The molecule has 2 aliphatic rings. The van der Waals surface area contributed by atoms with Crippen LogP contribution < -0.4 is 10.2 Å². The van der Waals surface area contributed by atoms with Crippen LogP contribution in [-0.4, -0.2) is 50.6 Å². The minimum atomic E-state index is -0.281. The molecule has 178 valence electrons. The second-order valence-corrected chi connectivity index (χ2v) is 10.3. The lowest BCUT2D eigenvalue weighted by atomic mass is 9.84. The molecule has 0 bridgehead atoms. The fourth-order valence-corrected chi connectivity index (χ4v) is 5.06. The van der Waals surface area contributed by atoms with Crippen molar-refractivity contribution in [3.05, 3.63) is 46.2 Å². The molecule has 0 saturated carbocycles. The number of Topliss-reactive ketones (excluding diaryl/α,β-unsaturated/α-hetero) is 1. The van der Waals surface area contributed by atoms with Crippen molar-refractivity contribution in [3.63, 3.8) is 0 Å². The lowest BCUT2D eigenvalue weighted by Gasteiger charge is -2.38. The largest absolute Gasteiger partial charge is 0.489 e. The molecule has 8 nitrogen and oxygen atoms in total. The van der Waals surface area contributed by atoms with E-state index in [1.807, 2.05) is 27.8 Å². The van der Waals surface area contributed by atoms with Gasteiger partial charge in [-0.2, -0.15) is 5.10 Å². The zero-order chi connectivity index (χ0) is 24.2. The summed E-state index contributed by atoms with van der Waals surface area (Å²) >= 11 is 0. The molecule has 1 saturated heterocycles. The summed E-state index contributed by atoms with van der Waals surface area (Å²) in [6, 6.07) is 7.36. The van der Waals surface area contributed by atoms with Crippen LogP contribution in [0.2, 0.25) is 0 Å². The van der Waals surface area contributed by atoms with Crippen molar-refractivity contribution >= 4 is 22.6 Å². The van der Waals surface area contributed by atoms with Crippen LogP contribution in [0.4, 0.5) is 0 Å². The van der Waals surface area contributed by atoms with E-state index in [0.717, 1.165) is 35.3 Å². The summed E-state index contributed by atoms with van der Waals surface area (Å²) in [7, 11) is 0. The number of hydrogen-bond donors (Lipinski definition) is 0. The molecule has 2 aliphatic heterocycles. The van der Waals surface area contributed by atoms with Gasteiger partial charge in [0.1, 0.15) is 17.9 Å². The van der Waals surface area contributed by atoms with Crippen LogP contribution in [0.25, 0.3) is 22.3 Å². The molecule has 0 radical (unpaired) electrons. The minimum Gasteiger partial charge on any atom is -0.489 e. The van der Waals surface area contributed by atoms with Gasteiger partial charge in [-0.25, -0.2) is 0 Å². The summed E-state index contributed by atoms with van der Waals surface area (Å²) in [5, 5.41) is 5.79. The Morgan fingerprint density at radius 2 is 2.03 bits per heavy atom. The highest BCUT2D eigenvalue weighted by Crippen LogP contribution is 2.43. The number of carbonyl (C=O) groups is 2. The summed E-state index contributed by atoms with van der Waals surface area (Å²) < 4.78 is 10.1. The maximum atomic E-state index is 12.8. The number of rotatable bonds is 5. The maximum Gasteiger partial charge on any atom is 0.222 e. The SMILES string of the molecule is CC(=O)c1cn2c(cc1=O)-c1c3cccc(OCCN4CCCC4=O)c3nn1CC2C(C)(C)C. The van der Waals surface area contributed by atoms with Gasteiger partial charge >= 0.3 is 0 Å². The summed E-state index contributed by atoms with van der Waals surface area (Å²) in [5.74, 6) is 0.608. The average Bonchev–Trinajstić information content (AvgIpc) is 3.35. The Morgan fingerprint density at radius 3 is 2.71 bits per heavy atom. The van der Waals surface area contributed by atoms with Crippen molar-refractivity contribution in [3.8, 4) is 17.1 Å². The predicted octanol–water partition coefficient (Wildman–Crippen LogP) is 3.67. The Hall–Kier alpha value is -3.42. The van der Waals surface area contributed by atoms with E-state index in [1.54, 1.807) is 12.3 Å². The van der Waals surface area contributed by atoms with Crippen molar-refractivity contribution in [1.82, 2.24) is 19.2 Å². The molecule has 0 N–H and O–H groups in total. The lowest BCUT2D eigenvalue weighted by molar-refractivity contribution is -0.128. The van der Waals surface area contributed by atoms with Gasteiger partial charge < -0.3 is 14.2 Å². The van der Waals surface area contributed by atoms with E-state index in [1.165, 1.54) is 6.92 Å². The van der Waals surface area contributed by atoms with Gasteiger partial charge in [0.2, 0.25) is 5.91 Å². The Balaban J connectivity index is 1.58. The van der Waals surface area contributed by atoms with E-state index >= 15 is 0 Å². The number of fused-ring (bicyclic) bond motifs is 5. The predicted molar refractivity (Wildman–Crippen MR) is 129 cm³/mol. The first-order valence-corrected chi connectivity index (χ1v) is 11.8. The Kier molecular flexibility index (Phi) is 5.34. The molecule has 4 heterocycles. The van der Waals surface area contributed by atoms with E-state index in [9.17, 15) is 14.4 Å². The summed E-state index contributed by atoms with van der Waals surface area (Å²) in [6.07, 6.45) is 3.23. The molecule has 1 fully saturated rings. The van der Waals surface area contributed by atoms with Crippen molar-refractivity contribution < 1.29 is 14.3 Å². The fourth-order valence-electron chi connectivity index (χ4n) is 5.06. The van der Waals surface area contributed by atoms with Gasteiger partial charge in [-0.05, 0) is 24.8 Å². The quantitative estimate of drug-likeness (QED) is 0.540. The molecule has 3 aromatic rings. The van der Waals surface area contributed by atoms with Gasteiger partial charge in [0, 0.05) is 30.6 Å². The summed E-state index contributed by atoms with van der Waals surface area (Å²) in [4.78, 5) is 38.6. The number of hydrogen-bond acceptors (Lipinski definition) is 5. The minimum absolute atomic E-state index is 0.00793. The van der Waals surface area contributed by atoms with Crippen molar-refractivity contribution in [1.29, 1.82) is 0 Å². The monoisotopic (exact) mass is 462 g/mol. The third-order valence-electron chi connectivity index (χ3n) is 6.91. The van der Waals surface area contributed by atoms with E-state index in [4.69, 9.17) is 9.84 Å². The second-order valence-electron chi connectivity index (χ2n) is 10.3. The van der Waals surface area contributed by atoms with Crippen molar-refractivity contribution in [2.24, 2.45) is 5.41 Å². The zero-order valence-electron chi connectivity index (χ0n) is 20.1. The number of benzene rings is 1. The van der Waals surface area contributed by atoms with Gasteiger partial charge in [-0.3, -0.25) is 19.1 Å². The number of nitrogens with zero attached hydrogens (tertiary/aromatic N) is 4. The number of pyridine rings is 1. The smallest absolute Gasteiger partial charge is 0.222 e. The van der Waals surface area contributed by atoms with Crippen LogP contribution in [-0.2, 0) is 11.3 Å². The zero-order valence-corrected chi connectivity index (χ0v) is 20.1. The van der Waals surface area contributed by atoms with E-state index in [-0.39, 0.29) is 34.1 Å². The Labute approximate surface area is 198 Å². The first-order chi connectivity index (χ1) is 16.1. The van der Waals surface area contributed by atoms with E-state index in [0.29, 0.717) is 31.9 Å². The first kappa shape index (κ1) is 22.4. The third kappa shape index (κ3) is 3.71. The standard InChI is InChI=1S/C26H30N4O4/c1-16(31)18-14-29-19(13-20(18)32)25-17-7-5-8-21(34-12-11-28-10-6-9-23(28)33)24(17)27-30(25)15-22(29)26(2,3)4/h5,7-8,13-14,22H,6,9-12,15H2,1-4H3. The highest BCUT2D eigenvalue weighted by molar-refractivity contribution is 5.97. The number of aromatic nitrogens is 3. The highest BCUT2D eigenvalue weighted by Gasteiger charge is 2.35. The number of ether oxygens (including phenoxy) is 1. The van der Waals surface area contributed by atoms with Gasteiger partial charge in [-0.1, -0.05) is 32.9 Å². The topological polar surface area (TPSA) is 86.4 Å².